The van der Waals surface area contributed by atoms with Crippen LogP contribution in [0.1, 0.15) is 53.7 Å². The molecule has 1 amide bonds. The van der Waals surface area contributed by atoms with Gasteiger partial charge >= 0.3 is 0 Å². The molecule has 2 aromatic heterocycles. The standard InChI is InChI=1S/C28H29N3O2/c1-20-10-8-9-13-22(20)18-31-26(27(32)29-23-14-6-3-7-15-23)19-30-24(16-17-25(30)28(31)33)21-11-4-2-5-12-21/h2,4-5,8-13,16-17,19,23H,3,6-7,14-15,18H2,1H3,(H,29,32). The number of rotatable bonds is 5. The van der Waals surface area contributed by atoms with Crippen molar-refractivity contribution in [3.05, 3.63) is 100 Å². The van der Waals surface area contributed by atoms with Crippen molar-refractivity contribution >= 4 is 11.4 Å². The average molecular weight is 440 g/mol. The number of aromatic nitrogens is 2. The zero-order valence-corrected chi connectivity index (χ0v) is 19.0. The maximum atomic E-state index is 13.7. The van der Waals surface area contributed by atoms with E-state index >= 15 is 0 Å². The Morgan fingerprint density at radius 3 is 2.42 bits per heavy atom. The fourth-order valence-corrected chi connectivity index (χ4v) is 4.85. The summed E-state index contributed by atoms with van der Waals surface area (Å²) in [6.45, 7) is 2.40. The third-order valence-electron chi connectivity index (χ3n) is 6.76. The molecular weight excluding hydrogens is 410 g/mol. The third kappa shape index (κ3) is 4.23. The zero-order valence-electron chi connectivity index (χ0n) is 19.0. The SMILES string of the molecule is Cc1ccccc1Cn1c(C(=O)NC2CCCCC2)cn2c(-c3ccccc3)ccc2c1=O. The van der Waals surface area contributed by atoms with Crippen LogP contribution in [0.15, 0.2) is 77.7 Å². The lowest BCUT2D eigenvalue weighted by Gasteiger charge is -2.24. The fraction of sp³-hybridized carbons (Fsp3) is 0.286. The van der Waals surface area contributed by atoms with E-state index in [4.69, 9.17) is 0 Å². The van der Waals surface area contributed by atoms with Crippen LogP contribution in [-0.2, 0) is 6.54 Å². The topological polar surface area (TPSA) is 55.5 Å². The molecule has 1 saturated carbocycles. The van der Waals surface area contributed by atoms with E-state index in [-0.39, 0.29) is 17.5 Å². The molecule has 1 fully saturated rings. The first-order valence-corrected chi connectivity index (χ1v) is 11.8. The molecule has 1 aliphatic carbocycles. The van der Waals surface area contributed by atoms with Crippen molar-refractivity contribution < 1.29 is 4.79 Å². The molecule has 0 aliphatic heterocycles. The van der Waals surface area contributed by atoms with Gasteiger partial charge in [-0.1, -0.05) is 73.9 Å². The van der Waals surface area contributed by atoms with Crippen LogP contribution in [0.2, 0.25) is 0 Å². The maximum absolute atomic E-state index is 13.7. The van der Waals surface area contributed by atoms with Gasteiger partial charge in [-0.05, 0) is 48.6 Å². The molecule has 5 rings (SSSR count). The van der Waals surface area contributed by atoms with Crippen molar-refractivity contribution in [3.63, 3.8) is 0 Å². The number of carbonyl (C=O) groups is 1. The third-order valence-corrected chi connectivity index (χ3v) is 6.76. The molecule has 2 aromatic carbocycles. The number of nitrogens with one attached hydrogen (secondary N) is 1. The molecule has 1 aliphatic rings. The Bertz CT molecular complexity index is 1340. The quantitative estimate of drug-likeness (QED) is 0.465. The van der Waals surface area contributed by atoms with Crippen LogP contribution >= 0.6 is 0 Å². The van der Waals surface area contributed by atoms with E-state index in [0.717, 1.165) is 48.1 Å². The molecule has 1 N–H and O–H groups in total. The van der Waals surface area contributed by atoms with E-state index in [9.17, 15) is 9.59 Å². The summed E-state index contributed by atoms with van der Waals surface area (Å²) in [7, 11) is 0. The van der Waals surface area contributed by atoms with Gasteiger partial charge in [-0.15, -0.1) is 0 Å². The second kappa shape index (κ2) is 9.10. The summed E-state index contributed by atoms with van der Waals surface area (Å²) in [6.07, 6.45) is 7.31. The van der Waals surface area contributed by atoms with Gasteiger partial charge < -0.3 is 9.72 Å². The lowest BCUT2D eigenvalue weighted by Crippen LogP contribution is -2.40. The van der Waals surface area contributed by atoms with E-state index in [1.54, 1.807) is 4.57 Å². The van der Waals surface area contributed by atoms with Crippen molar-refractivity contribution in [3.8, 4) is 11.3 Å². The number of amides is 1. The predicted molar refractivity (Wildman–Crippen MR) is 132 cm³/mol. The molecule has 0 atom stereocenters. The summed E-state index contributed by atoms with van der Waals surface area (Å²) < 4.78 is 3.49. The minimum atomic E-state index is -0.179. The number of carbonyl (C=O) groups excluding carboxylic acids is 1. The Kier molecular flexibility index (Phi) is 5.86. The van der Waals surface area contributed by atoms with Gasteiger partial charge in [0.25, 0.3) is 11.5 Å². The lowest BCUT2D eigenvalue weighted by molar-refractivity contribution is 0.0917. The van der Waals surface area contributed by atoms with Crippen molar-refractivity contribution in [2.45, 2.75) is 51.6 Å². The Balaban J connectivity index is 1.64. The van der Waals surface area contributed by atoms with Crippen LogP contribution in [0.3, 0.4) is 0 Å². The van der Waals surface area contributed by atoms with Crippen LogP contribution in [0.4, 0.5) is 0 Å². The molecule has 2 heterocycles. The summed E-state index contributed by atoms with van der Waals surface area (Å²) in [4.78, 5) is 27.2. The predicted octanol–water partition coefficient (Wildman–Crippen LogP) is 5.19. The van der Waals surface area contributed by atoms with E-state index in [2.05, 4.69) is 5.32 Å². The number of nitrogens with zero attached hydrogens (tertiary/aromatic N) is 2. The van der Waals surface area contributed by atoms with Crippen LogP contribution in [0.5, 0.6) is 0 Å². The number of fused-ring (bicyclic) bond motifs is 1. The smallest absolute Gasteiger partial charge is 0.275 e. The van der Waals surface area contributed by atoms with Crippen LogP contribution in [0.25, 0.3) is 16.8 Å². The van der Waals surface area contributed by atoms with Gasteiger partial charge in [-0.2, -0.15) is 0 Å². The van der Waals surface area contributed by atoms with Crippen molar-refractivity contribution in [2.75, 3.05) is 0 Å². The molecule has 168 valence electrons. The van der Waals surface area contributed by atoms with E-state index in [0.29, 0.717) is 17.8 Å². The molecule has 0 radical (unpaired) electrons. The fourth-order valence-electron chi connectivity index (χ4n) is 4.85. The highest BCUT2D eigenvalue weighted by Crippen LogP contribution is 2.23. The Morgan fingerprint density at radius 2 is 1.67 bits per heavy atom. The van der Waals surface area contributed by atoms with Crippen LogP contribution in [0, 0.1) is 6.92 Å². The first-order chi connectivity index (χ1) is 16.1. The van der Waals surface area contributed by atoms with Gasteiger partial charge in [-0.25, -0.2) is 0 Å². The highest BCUT2D eigenvalue weighted by atomic mass is 16.2. The van der Waals surface area contributed by atoms with Gasteiger partial charge in [0.1, 0.15) is 11.2 Å². The maximum Gasteiger partial charge on any atom is 0.275 e. The first kappa shape index (κ1) is 21.3. The second-order valence-corrected chi connectivity index (χ2v) is 8.98. The number of benzene rings is 2. The minimum Gasteiger partial charge on any atom is -0.348 e. The first-order valence-electron chi connectivity index (χ1n) is 11.8. The summed E-state index contributed by atoms with van der Waals surface area (Å²) in [6, 6.07) is 21.9. The Morgan fingerprint density at radius 1 is 0.939 bits per heavy atom. The summed E-state index contributed by atoms with van der Waals surface area (Å²) in [5.74, 6) is -0.179. The normalized spacial score (nSPS) is 14.5. The van der Waals surface area contributed by atoms with Gasteiger partial charge in [0.15, 0.2) is 0 Å². The number of aryl methyl sites for hydroxylation is 1. The molecule has 0 saturated heterocycles. The summed E-state index contributed by atoms with van der Waals surface area (Å²) in [5, 5.41) is 3.21. The van der Waals surface area contributed by atoms with Crippen molar-refractivity contribution in [1.82, 2.24) is 14.3 Å². The second-order valence-electron chi connectivity index (χ2n) is 8.98. The van der Waals surface area contributed by atoms with E-state index in [1.807, 2.05) is 84.3 Å². The van der Waals surface area contributed by atoms with Gasteiger partial charge in [0.05, 0.1) is 12.2 Å². The molecule has 5 nitrogen and oxygen atoms in total. The zero-order chi connectivity index (χ0) is 22.8. The largest absolute Gasteiger partial charge is 0.348 e. The van der Waals surface area contributed by atoms with Crippen LogP contribution in [-0.4, -0.2) is 20.9 Å². The molecular formula is C28H29N3O2. The van der Waals surface area contributed by atoms with Gasteiger partial charge in [0.2, 0.25) is 0 Å². The molecule has 0 bridgehead atoms. The summed E-state index contributed by atoms with van der Waals surface area (Å²) >= 11 is 0. The lowest BCUT2D eigenvalue weighted by atomic mass is 9.95. The van der Waals surface area contributed by atoms with Crippen molar-refractivity contribution in [2.24, 2.45) is 0 Å². The average Bonchev–Trinajstić information content (AvgIpc) is 3.27. The monoisotopic (exact) mass is 439 g/mol. The van der Waals surface area contributed by atoms with Gasteiger partial charge in [0, 0.05) is 12.2 Å². The van der Waals surface area contributed by atoms with Crippen LogP contribution < -0.4 is 10.9 Å². The highest BCUT2D eigenvalue weighted by molar-refractivity contribution is 5.93. The van der Waals surface area contributed by atoms with E-state index in [1.165, 1.54) is 6.42 Å². The highest BCUT2D eigenvalue weighted by Gasteiger charge is 2.22. The Hall–Kier alpha value is -3.60. The molecule has 33 heavy (non-hydrogen) atoms. The summed E-state index contributed by atoms with van der Waals surface area (Å²) in [5.41, 5.74) is 4.85. The number of hydrogen-bond acceptors (Lipinski definition) is 2. The molecule has 5 heteroatoms. The van der Waals surface area contributed by atoms with E-state index < -0.39 is 0 Å². The molecule has 0 unspecified atom stereocenters. The van der Waals surface area contributed by atoms with Crippen molar-refractivity contribution in [1.29, 1.82) is 0 Å². The minimum absolute atomic E-state index is 0.156. The number of hydrogen-bond donors (Lipinski definition) is 1. The Labute approximate surface area is 193 Å². The molecule has 4 aromatic rings. The molecule has 0 spiro atoms. The van der Waals surface area contributed by atoms with Gasteiger partial charge in [-0.3, -0.25) is 14.2 Å².